The summed E-state index contributed by atoms with van der Waals surface area (Å²) in [5.74, 6) is 0.644. The molecule has 0 unspecified atom stereocenters. The number of nitrogens with zero attached hydrogens (tertiary/aromatic N) is 4. The lowest BCUT2D eigenvalue weighted by Gasteiger charge is -2.02. The number of hydrogen-bond acceptors (Lipinski definition) is 4. The van der Waals surface area contributed by atoms with Crippen molar-refractivity contribution in [2.75, 3.05) is 6.61 Å². The molecule has 21 heavy (non-hydrogen) atoms. The second-order valence-corrected chi connectivity index (χ2v) is 4.32. The van der Waals surface area contributed by atoms with Crippen LogP contribution in [0.2, 0.25) is 0 Å². The van der Waals surface area contributed by atoms with Crippen molar-refractivity contribution in [1.82, 2.24) is 20.0 Å². The molecule has 0 fully saturated rings. The second kappa shape index (κ2) is 5.70. The minimum atomic E-state index is -0.550. The van der Waals surface area contributed by atoms with Gasteiger partial charge in [0.2, 0.25) is 5.95 Å². The summed E-state index contributed by atoms with van der Waals surface area (Å²) in [6, 6.07) is 12.1. The van der Waals surface area contributed by atoms with Crippen molar-refractivity contribution in [3.05, 3.63) is 54.6 Å². The summed E-state index contributed by atoms with van der Waals surface area (Å²) in [6.45, 7) is 2.56. The molecule has 0 amide bonds. The number of ether oxygens (including phenoxy) is 1. The number of halogens is 1. The lowest BCUT2D eigenvalue weighted by molar-refractivity contribution is 0.340. The van der Waals surface area contributed by atoms with Crippen LogP contribution in [0.4, 0.5) is 4.39 Å². The van der Waals surface area contributed by atoms with Crippen LogP contribution in [0.3, 0.4) is 0 Å². The maximum atomic E-state index is 13.1. The molecule has 3 rings (SSSR count). The molecule has 0 saturated carbocycles. The maximum Gasteiger partial charge on any atom is 0.214 e. The van der Waals surface area contributed by atoms with Gasteiger partial charge in [0.05, 0.1) is 12.8 Å². The topological polar surface area (TPSA) is 52.8 Å². The van der Waals surface area contributed by atoms with Crippen molar-refractivity contribution in [3.8, 4) is 22.8 Å². The smallest absolute Gasteiger partial charge is 0.214 e. The van der Waals surface area contributed by atoms with Gasteiger partial charge in [-0.2, -0.15) is 4.39 Å². The number of rotatable bonds is 4. The minimum Gasteiger partial charge on any atom is -0.494 e. The van der Waals surface area contributed by atoms with Crippen LogP contribution in [-0.2, 0) is 0 Å². The molecular formula is C15H13FN4O. The fourth-order valence-corrected chi connectivity index (χ4v) is 1.92. The van der Waals surface area contributed by atoms with Gasteiger partial charge in [0, 0.05) is 5.56 Å². The molecule has 0 aliphatic rings. The third kappa shape index (κ3) is 2.89. The normalized spacial score (nSPS) is 10.6. The number of aromatic nitrogens is 4. The standard InChI is InChI=1S/C15H13FN4O/c1-2-21-12-8-6-11(7-9-12)13-10-20(19-18-13)15-5-3-4-14(16)17-15/h3-10H,2H2,1H3. The van der Waals surface area contributed by atoms with Gasteiger partial charge in [-0.3, -0.25) is 0 Å². The van der Waals surface area contributed by atoms with E-state index in [4.69, 9.17) is 4.74 Å². The maximum absolute atomic E-state index is 13.1. The van der Waals surface area contributed by atoms with Gasteiger partial charge in [0.1, 0.15) is 11.4 Å². The van der Waals surface area contributed by atoms with Crippen LogP contribution in [-0.4, -0.2) is 26.6 Å². The molecule has 0 bridgehead atoms. The van der Waals surface area contributed by atoms with Crippen LogP contribution >= 0.6 is 0 Å². The molecule has 0 aliphatic heterocycles. The van der Waals surface area contributed by atoms with E-state index in [2.05, 4.69) is 15.3 Å². The molecular weight excluding hydrogens is 271 g/mol. The van der Waals surface area contributed by atoms with E-state index in [0.717, 1.165) is 11.3 Å². The highest BCUT2D eigenvalue weighted by molar-refractivity contribution is 5.59. The van der Waals surface area contributed by atoms with E-state index in [-0.39, 0.29) is 0 Å². The molecule has 2 aromatic heterocycles. The van der Waals surface area contributed by atoms with Crippen LogP contribution in [0.25, 0.3) is 17.1 Å². The Hall–Kier alpha value is -2.76. The Kier molecular flexibility index (Phi) is 3.59. The van der Waals surface area contributed by atoms with Crippen molar-refractivity contribution in [2.24, 2.45) is 0 Å². The Balaban J connectivity index is 1.87. The molecule has 1 aromatic carbocycles. The lowest BCUT2D eigenvalue weighted by atomic mass is 10.2. The predicted molar refractivity (Wildman–Crippen MR) is 75.7 cm³/mol. The van der Waals surface area contributed by atoms with Crippen molar-refractivity contribution < 1.29 is 9.13 Å². The summed E-state index contributed by atoms with van der Waals surface area (Å²) in [4.78, 5) is 3.76. The van der Waals surface area contributed by atoms with Gasteiger partial charge in [-0.15, -0.1) is 5.10 Å². The molecule has 0 N–H and O–H groups in total. The van der Waals surface area contributed by atoms with Crippen molar-refractivity contribution in [1.29, 1.82) is 0 Å². The largest absolute Gasteiger partial charge is 0.494 e. The third-order valence-electron chi connectivity index (χ3n) is 2.89. The van der Waals surface area contributed by atoms with Crippen LogP contribution in [0.1, 0.15) is 6.92 Å². The summed E-state index contributed by atoms with van der Waals surface area (Å²) < 4.78 is 19.9. The fourth-order valence-electron chi connectivity index (χ4n) is 1.92. The Morgan fingerprint density at radius 3 is 2.67 bits per heavy atom. The average Bonchev–Trinajstić information content (AvgIpc) is 2.98. The van der Waals surface area contributed by atoms with E-state index in [1.807, 2.05) is 31.2 Å². The zero-order valence-electron chi connectivity index (χ0n) is 11.4. The highest BCUT2D eigenvalue weighted by Gasteiger charge is 2.07. The highest BCUT2D eigenvalue weighted by atomic mass is 19.1. The van der Waals surface area contributed by atoms with Crippen LogP contribution in [0.5, 0.6) is 5.75 Å². The molecule has 0 aliphatic carbocycles. The van der Waals surface area contributed by atoms with Gasteiger partial charge in [-0.1, -0.05) is 11.3 Å². The van der Waals surface area contributed by atoms with Crippen molar-refractivity contribution in [3.63, 3.8) is 0 Å². The Bertz CT molecular complexity index is 739. The SMILES string of the molecule is CCOc1ccc(-c2cn(-c3cccc(F)n3)nn2)cc1. The van der Waals surface area contributed by atoms with Crippen LogP contribution < -0.4 is 4.74 Å². The Morgan fingerprint density at radius 2 is 1.95 bits per heavy atom. The summed E-state index contributed by atoms with van der Waals surface area (Å²) in [7, 11) is 0. The van der Waals surface area contributed by atoms with Gasteiger partial charge in [-0.25, -0.2) is 9.67 Å². The summed E-state index contributed by atoms with van der Waals surface area (Å²) in [6.07, 6.45) is 1.71. The molecule has 5 nitrogen and oxygen atoms in total. The monoisotopic (exact) mass is 284 g/mol. The Labute approximate surface area is 121 Å². The molecule has 6 heteroatoms. The number of hydrogen-bond donors (Lipinski definition) is 0. The first-order valence-electron chi connectivity index (χ1n) is 6.55. The van der Waals surface area contributed by atoms with Gasteiger partial charge in [0.25, 0.3) is 0 Å². The highest BCUT2D eigenvalue weighted by Crippen LogP contribution is 2.20. The zero-order valence-corrected chi connectivity index (χ0v) is 11.4. The third-order valence-corrected chi connectivity index (χ3v) is 2.89. The zero-order chi connectivity index (χ0) is 14.7. The van der Waals surface area contributed by atoms with E-state index in [1.54, 1.807) is 18.3 Å². The number of benzene rings is 1. The van der Waals surface area contributed by atoms with E-state index in [0.29, 0.717) is 18.1 Å². The van der Waals surface area contributed by atoms with Crippen LogP contribution in [0.15, 0.2) is 48.7 Å². The first-order valence-corrected chi connectivity index (χ1v) is 6.55. The molecule has 0 atom stereocenters. The second-order valence-electron chi connectivity index (χ2n) is 4.32. The molecule has 0 saturated heterocycles. The van der Waals surface area contributed by atoms with Crippen LogP contribution in [0, 0.1) is 5.95 Å². The van der Waals surface area contributed by atoms with Gasteiger partial charge in [-0.05, 0) is 43.3 Å². The summed E-state index contributed by atoms with van der Waals surface area (Å²) in [5.41, 5.74) is 1.59. The molecule has 0 radical (unpaired) electrons. The van der Waals surface area contributed by atoms with E-state index in [1.165, 1.54) is 10.7 Å². The number of pyridine rings is 1. The summed E-state index contributed by atoms with van der Waals surface area (Å²) >= 11 is 0. The van der Waals surface area contributed by atoms with E-state index < -0.39 is 5.95 Å². The van der Waals surface area contributed by atoms with E-state index in [9.17, 15) is 4.39 Å². The van der Waals surface area contributed by atoms with E-state index >= 15 is 0 Å². The average molecular weight is 284 g/mol. The van der Waals surface area contributed by atoms with Crippen molar-refractivity contribution in [2.45, 2.75) is 6.92 Å². The lowest BCUT2D eigenvalue weighted by Crippen LogP contribution is -1.99. The predicted octanol–water partition coefficient (Wildman–Crippen LogP) is 2.87. The van der Waals surface area contributed by atoms with Gasteiger partial charge < -0.3 is 4.74 Å². The molecule has 0 spiro atoms. The molecule has 2 heterocycles. The van der Waals surface area contributed by atoms with Gasteiger partial charge >= 0.3 is 0 Å². The summed E-state index contributed by atoms with van der Waals surface area (Å²) in [5, 5.41) is 8.05. The fraction of sp³-hybridized carbons (Fsp3) is 0.133. The molecule has 106 valence electrons. The first kappa shape index (κ1) is 13.2. The van der Waals surface area contributed by atoms with Gasteiger partial charge in [0.15, 0.2) is 5.82 Å². The first-order chi connectivity index (χ1) is 10.3. The van der Waals surface area contributed by atoms with Crippen molar-refractivity contribution >= 4 is 0 Å². The molecule has 3 aromatic rings. The quantitative estimate of drug-likeness (QED) is 0.691. The minimum absolute atomic E-state index is 0.389. The Morgan fingerprint density at radius 1 is 1.14 bits per heavy atom.